The molecule has 0 amide bonds. The third kappa shape index (κ3) is 4.05. The Balaban J connectivity index is 2.26. The van der Waals surface area contributed by atoms with Gasteiger partial charge >= 0.3 is 0 Å². The molecule has 0 aliphatic rings. The van der Waals surface area contributed by atoms with E-state index >= 15 is 0 Å². The SMILES string of the molecule is CCN(c1cc(CNC(C)C)ccn1)c1ccccc1C. The normalized spacial score (nSPS) is 10.9. The van der Waals surface area contributed by atoms with E-state index in [9.17, 15) is 0 Å². The average Bonchev–Trinajstić information content (AvgIpc) is 2.48. The first-order chi connectivity index (χ1) is 10.1. The molecule has 0 bridgehead atoms. The molecule has 1 heterocycles. The van der Waals surface area contributed by atoms with E-state index in [1.807, 2.05) is 6.20 Å². The largest absolute Gasteiger partial charge is 0.326 e. The van der Waals surface area contributed by atoms with Gasteiger partial charge in [-0.05, 0) is 43.2 Å². The minimum absolute atomic E-state index is 0.486. The van der Waals surface area contributed by atoms with Crippen LogP contribution in [0.15, 0.2) is 42.6 Å². The van der Waals surface area contributed by atoms with Crippen LogP contribution in [0.4, 0.5) is 11.5 Å². The van der Waals surface area contributed by atoms with Crippen LogP contribution >= 0.6 is 0 Å². The van der Waals surface area contributed by atoms with Gasteiger partial charge in [0, 0.05) is 31.0 Å². The molecule has 0 spiro atoms. The zero-order chi connectivity index (χ0) is 15.2. The molecular formula is C18H25N3. The summed E-state index contributed by atoms with van der Waals surface area (Å²) in [6, 6.07) is 13.2. The molecule has 2 rings (SSSR count). The summed E-state index contributed by atoms with van der Waals surface area (Å²) in [6.07, 6.45) is 1.90. The van der Waals surface area contributed by atoms with Gasteiger partial charge in [0.1, 0.15) is 5.82 Å². The zero-order valence-corrected chi connectivity index (χ0v) is 13.4. The van der Waals surface area contributed by atoms with Gasteiger partial charge in [-0.1, -0.05) is 32.0 Å². The first-order valence-corrected chi connectivity index (χ1v) is 7.63. The number of nitrogens with zero attached hydrogens (tertiary/aromatic N) is 2. The molecule has 0 unspecified atom stereocenters. The van der Waals surface area contributed by atoms with Crippen molar-refractivity contribution in [2.24, 2.45) is 0 Å². The van der Waals surface area contributed by atoms with E-state index in [2.05, 4.69) is 79.3 Å². The Morgan fingerprint density at radius 3 is 2.62 bits per heavy atom. The molecule has 21 heavy (non-hydrogen) atoms. The lowest BCUT2D eigenvalue weighted by molar-refractivity contribution is 0.588. The van der Waals surface area contributed by atoms with Gasteiger partial charge in [-0.15, -0.1) is 0 Å². The maximum atomic E-state index is 4.55. The van der Waals surface area contributed by atoms with Crippen molar-refractivity contribution in [1.29, 1.82) is 0 Å². The first-order valence-electron chi connectivity index (χ1n) is 7.63. The van der Waals surface area contributed by atoms with E-state index in [-0.39, 0.29) is 0 Å². The molecule has 0 radical (unpaired) electrons. The Labute approximate surface area is 128 Å². The highest BCUT2D eigenvalue weighted by Crippen LogP contribution is 2.26. The molecule has 2 aromatic rings. The second-order valence-electron chi connectivity index (χ2n) is 5.59. The number of pyridine rings is 1. The highest BCUT2D eigenvalue weighted by molar-refractivity contribution is 5.63. The van der Waals surface area contributed by atoms with E-state index in [1.54, 1.807) is 0 Å². The van der Waals surface area contributed by atoms with Crippen molar-refractivity contribution in [2.45, 2.75) is 40.3 Å². The van der Waals surface area contributed by atoms with Gasteiger partial charge in [0.2, 0.25) is 0 Å². The predicted molar refractivity (Wildman–Crippen MR) is 90.1 cm³/mol. The summed E-state index contributed by atoms with van der Waals surface area (Å²) in [5.41, 5.74) is 3.76. The van der Waals surface area contributed by atoms with Gasteiger partial charge in [-0.2, -0.15) is 0 Å². The Bertz CT molecular complexity index is 578. The number of para-hydroxylation sites is 1. The number of aryl methyl sites for hydroxylation is 1. The van der Waals surface area contributed by atoms with Gasteiger partial charge in [0.15, 0.2) is 0 Å². The van der Waals surface area contributed by atoms with Crippen LogP contribution in [0, 0.1) is 6.92 Å². The molecule has 0 aliphatic carbocycles. The van der Waals surface area contributed by atoms with Crippen LogP contribution in [0.1, 0.15) is 31.9 Å². The molecule has 3 heteroatoms. The number of hydrogen-bond acceptors (Lipinski definition) is 3. The van der Waals surface area contributed by atoms with Crippen molar-refractivity contribution < 1.29 is 0 Å². The summed E-state index contributed by atoms with van der Waals surface area (Å²) >= 11 is 0. The van der Waals surface area contributed by atoms with Crippen LogP contribution in [0.2, 0.25) is 0 Å². The van der Waals surface area contributed by atoms with E-state index in [1.165, 1.54) is 16.8 Å². The summed E-state index contributed by atoms with van der Waals surface area (Å²) in [4.78, 5) is 6.81. The second kappa shape index (κ2) is 7.23. The Morgan fingerprint density at radius 1 is 1.19 bits per heavy atom. The topological polar surface area (TPSA) is 28.2 Å². The molecule has 0 aliphatic heterocycles. The summed E-state index contributed by atoms with van der Waals surface area (Å²) < 4.78 is 0. The fourth-order valence-electron chi connectivity index (χ4n) is 2.36. The molecule has 112 valence electrons. The van der Waals surface area contributed by atoms with Crippen molar-refractivity contribution in [3.63, 3.8) is 0 Å². The minimum Gasteiger partial charge on any atom is -0.326 e. The van der Waals surface area contributed by atoms with Gasteiger partial charge in [0.05, 0.1) is 0 Å². The molecule has 0 saturated carbocycles. The molecule has 3 nitrogen and oxygen atoms in total. The van der Waals surface area contributed by atoms with Gasteiger partial charge in [0.25, 0.3) is 0 Å². The van der Waals surface area contributed by atoms with E-state index in [4.69, 9.17) is 0 Å². The van der Waals surface area contributed by atoms with Gasteiger partial charge in [-0.3, -0.25) is 0 Å². The van der Waals surface area contributed by atoms with Gasteiger partial charge in [-0.25, -0.2) is 4.98 Å². The lowest BCUT2D eigenvalue weighted by Gasteiger charge is -2.24. The summed E-state index contributed by atoms with van der Waals surface area (Å²) in [5, 5.41) is 3.45. The standard InChI is InChI=1S/C18H25N3/c1-5-21(17-9-7-6-8-15(17)4)18-12-16(10-11-19-18)13-20-14(2)3/h6-12,14,20H,5,13H2,1-4H3. The molecule has 0 saturated heterocycles. The lowest BCUT2D eigenvalue weighted by Crippen LogP contribution is -2.22. The van der Waals surface area contributed by atoms with Crippen molar-refractivity contribution in [2.75, 3.05) is 11.4 Å². The number of rotatable bonds is 6. The van der Waals surface area contributed by atoms with Crippen LogP contribution in [0.3, 0.4) is 0 Å². The third-order valence-corrected chi connectivity index (χ3v) is 3.52. The number of aromatic nitrogens is 1. The van der Waals surface area contributed by atoms with Gasteiger partial charge < -0.3 is 10.2 Å². The fraction of sp³-hybridized carbons (Fsp3) is 0.389. The highest BCUT2D eigenvalue weighted by Gasteiger charge is 2.11. The molecule has 1 aromatic carbocycles. The predicted octanol–water partition coefficient (Wildman–Crippen LogP) is 4.05. The Hall–Kier alpha value is -1.87. The number of benzene rings is 1. The quantitative estimate of drug-likeness (QED) is 0.867. The Morgan fingerprint density at radius 2 is 1.95 bits per heavy atom. The average molecular weight is 283 g/mol. The molecule has 1 aromatic heterocycles. The minimum atomic E-state index is 0.486. The van der Waals surface area contributed by atoms with E-state index in [0.717, 1.165) is 18.9 Å². The second-order valence-corrected chi connectivity index (χ2v) is 5.59. The maximum Gasteiger partial charge on any atom is 0.133 e. The zero-order valence-electron chi connectivity index (χ0n) is 13.4. The molecular weight excluding hydrogens is 258 g/mol. The maximum absolute atomic E-state index is 4.55. The van der Waals surface area contributed by atoms with Crippen LogP contribution in [0.5, 0.6) is 0 Å². The number of hydrogen-bond donors (Lipinski definition) is 1. The molecule has 0 fully saturated rings. The lowest BCUT2D eigenvalue weighted by atomic mass is 10.1. The monoisotopic (exact) mass is 283 g/mol. The number of anilines is 2. The van der Waals surface area contributed by atoms with E-state index < -0.39 is 0 Å². The Kier molecular flexibility index (Phi) is 5.34. The summed E-state index contributed by atoms with van der Waals surface area (Å²) in [6.45, 7) is 10.4. The summed E-state index contributed by atoms with van der Waals surface area (Å²) in [5.74, 6) is 1.01. The van der Waals surface area contributed by atoms with Crippen molar-refractivity contribution in [1.82, 2.24) is 10.3 Å². The van der Waals surface area contributed by atoms with Crippen molar-refractivity contribution >= 4 is 11.5 Å². The van der Waals surface area contributed by atoms with Crippen molar-refractivity contribution in [3.8, 4) is 0 Å². The van der Waals surface area contributed by atoms with Crippen LogP contribution < -0.4 is 10.2 Å². The fourth-order valence-corrected chi connectivity index (χ4v) is 2.36. The van der Waals surface area contributed by atoms with E-state index in [0.29, 0.717) is 6.04 Å². The van der Waals surface area contributed by atoms with Crippen LogP contribution in [-0.4, -0.2) is 17.6 Å². The summed E-state index contributed by atoms with van der Waals surface area (Å²) in [7, 11) is 0. The third-order valence-electron chi connectivity index (χ3n) is 3.52. The number of nitrogens with one attached hydrogen (secondary N) is 1. The molecule has 0 atom stereocenters. The first kappa shape index (κ1) is 15.5. The van der Waals surface area contributed by atoms with Crippen LogP contribution in [0.25, 0.3) is 0 Å². The van der Waals surface area contributed by atoms with Crippen LogP contribution in [-0.2, 0) is 6.54 Å². The van der Waals surface area contributed by atoms with Crippen molar-refractivity contribution in [3.05, 3.63) is 53.7 Å². The highest BCUT2D eigenvalue weighted by atomic mass is 15.2. The molecule has 1 N–H and O–H groups in total. The smallest absolute Gasteiger partial charge is 0.133 e.